The van der Waals surface area contributed by atoms with Gasteiger partial charge in [0.25, 0.3) is 0 Å². The summed E-state index contributed by atoms with van der Waals surface area (Å²) in [6.45, 7) is 21.0. The van der Waals surface area contributed by atoms with E-state index in [2.05, 4.69) is 62.3 Å². The summed E-state index contributed by atoms with van der Waals surface area (Å²) in [7, 11) is -2.17. The predicted molar refractivity (Wildman–Crippen MR) is 207 cm³/mol. The summed E-state index contributed by atoms with van der Waals surface area (Å²) in [6, 6.07) is 0. The van der Waals surface area contributed by atoms with Crippen molar-refractivity contribution in [3.8, 4) is 0 Å². The summed E-state index contributed by atoms with van der Waals surface area (Å²) >= 11 is -2.52. The van der Waals surface area contributed by atoms with Gasteiger partial charge >= 0.3 is 284 Å². The smallest absolute Gasteiger partial charge is 0.402 e. The molecular weight excluding hydrogens is 847 g/mol. The minimum absolute atomic E-state index is 0.839. The van der Waals surface area contributed by atoms with Gasteiger partial charge in [-0.2, -0.15) is 0 Å². The quantitative estimate of drug-likeness (QED) is 0.0719. The molecule has 0 heterocycles. The number of hydrogen-bond donors (Lipinski definition) is 3. The maximum atomic E-state index is 7.17. The maximum Gasteiger partial charge on any atom is 0.631 e. The summed E-state index contributed by atoms with van der Waals surface area (Å²) in [5.41, 5.74) is 0. The summed E-state index contributed by atoms with van der Waals surface area (Å²) < 4.78 is 15.1. The molecule has 0 amide bonds. The molecule has 0 spiro atoms. The van der Waals surface area contributed by atoms with Crippen molar-refractivity contribution in [1.82, 2.24) is 0 Å². The van der Waals surface area contributed by atoms with Crippen LogP contribution in [-0.2, 0) is 0 Å². The Morgan fingerprint density at radius 3 is 0.442 bits per heavy atom. The van der Waals surface area contributed by atoms with Crippen molar-refractivity contribution in [2.75, 3.05) is 0 Å². The van der Waals surface area contributed by atoms with Crippen molar-refractivity contribution in [2.24, 2.45) is 0 Å². The number of hydrogen-bond acceptors (Lipinski definition) is 3. The average molecular weight is 932 g/mol. The molecule has 7 heteroatoms. The summed E-state index contributed by atoms with van der Waals surface area (Å²) in [6.07, 6.45) is 26.5. The van der Waals surface area contributed by atoms with Crippen LogP contribution < -0.4 is 0 Å². The van der Waals surface area contributed by atoms with E-state index in [9.17, 15) is 0 Å². The third-order valence-corrected chi connectivity index (χ3v) is 35.2. The van der Waals surface area contributed by atoms with Gasteiger partial charge in [0.05, 0.1) is 0 Å². The Kier molecular flexibility index (Phi) is 59.1. The van der Waals surface area contributed by atoms with Gasteiger partial charge in [-0.3, -0.25) is 0 Å². The Labute approximate surface area is 296 Å². The zero-order valence-corrected chi connectivity index (χ0v) is 40.1. The molecule has 261 valence electrons. The van der Waals surface area contributed by atoms with E-state index in [0.717, 1.165) is 0 Å². The Balaban J connectivity index is -0.000000249. The third kappa shape index (κ3) is 54.1. The van der Waals surface area contributed by atoms with Crippen LogP contribution in [0.2, 0.25) is 39.9 Å². The molecule has 0 unspecified atom stereocenters. The van der Waals surface area contributed by atoms with Gasteiger partial charge in [0.1, 0.15) is 0 Å². The first-order valence-electron chi connectivity index (χ1n) is 19.3. The first kappa shape index (κ1) is 52.2. The van der Waals surface area contributed by atoms with E-state index in [1.807, 2.05) is 0 Å². The number of unbranched alkanes of at least 4 members (excludes halogenated alkanes) is 9. The van der Waals surface area contributed by atoms with E-state index < -0.39 is 66.6 Å². The summed E-state index contributed by atoms with van der Waals surface area (Å²) in [5.74, 6) is 0. The Bertz CT molecular complexity index is 331. The second-order valence-electron chi connectivity index (χ2n) is 12.5. The predicted octanol–water partition coefficient (Wildman–Crippen LogP) is 12.6. The Morgan fingerprint density at radius 1 is 0.279 bits per heavy atom. The monoisotopic (exact) mass is 935 g/mol. The second kappa shape index (κ2) is 48.7. The molecule has 0 aliphatic heterocycles. The normalized spacial score (nSPS) is 10.7. The second-order valence-corrected chi connectivity index (χ2v) is 38.2. The van der Waals surface area contributed by atoms with Crippen LogP contribution in [0.15, 0.2) is 0 Å². The fourth-order valence-corrected chi connectivity index (χ4v) is 33.3. The molecular formula is C36H84BO3Sn3. The van der Waals surface area contributed by atoms with E-state index in [1.165, 1.54) is 116 Å². The van der Waals surface area contributed by atoms with Crippen molar-refractivity contribution in [2.45, 2.75) is 218 Å². The molecule has 0 aromatic rings. The zero-order valence-electron chi connectivity index (χ0n) is 31.5. The topological polar surface area (TPSA) is 60.7 Å². The molecule has 0 aliphatic carbocycles. The summed E-state index contributed by atoms with van der Waals surface area (Å²) in [5, 5.41) is 21.5. The molecule has 0 aromatic heterocycles. The van der Waals surface area contributed by atoms with Crippen LogP contribution >= 0.6 is 0 Å². The number of rotatable bonds is 27. The minimum Gasteiger partial charge on any atom is -0.402 e. The van der Waals surface area contributed by atoms with E-state index in [-0.39, 0.29) is 0 Å². The fourth-order valence-electron chi connectivity index (χ4n) is 4.97. The molecule has 3 radical (unpaired) electrons. The zero-order chi connectivity index (χ0) is 33.4. The van der Waals surface area contributed by atoms with Crippen LogP contribution in [0.4, 0.5) is 0 Å². The molecule has 0 saturated carbocycles. The molecule has 0 atom stereocenters. The van der Waals surface area contributed by atoms with Crippen LogP contribution in [0.5, 0.6) is 0 Å². The van der Waals surface area contributed by atoms with Crippen molar-refractivity contribution in [3.05, 3.63) is 0 Å². The summed E-state index contributed by atoms with van der Waals surface area (Å²) in [4.78, 5) is 0. The van der Waals surface area contributed by atoms with E-state index in [0.29, 0.717) is 0 Å². The molecule has 0 aromatic carbocycles. The van der Waals surface area contributed by atoms with Gasteiger partial charge in [0.2, 0.25) is 0 Å². The molecule has 0 aliphatic rings. The first-order valence-corrected chi connectivity index (χ1v) is 37.5. The van der Waals surface area contributed by atoms with Gasteiger partial charge in [-0.1, -0.05) is 0 Å². The standard InChI is InChI=1S/9C4H9.BH3O3.3Sn/c9*1-3-4-2;2-1(3)4;;;/h9*1,3-4H2,2H3;2-4H;;;. The Hall–Kier alpha value is 2.34. The van der Waals surface area contributed by atoms with Gasteiger partial charge in [-0.05, 0) is 0 Å². The fraction of sp³-hybridized carbons (Fsp3) is 1.00. The minimum atomic E-state index is -2.17. The van der Waals surface area contributed by atoms with Gasteiger partial charge in [0, 0.05) is 0 Å². The Morgan fingerprint density at radius 2 is 0.372 bits per heavy atom. The molecule has 43 heavy (non-hydrogen) atoms. The van der Waals surface area contributed by atoms with Gasteiger partial charge in [-0.15, -0.1) is 0 Å². The first-order chi connectivity index (χ1) is 20.8. The average Bonchev–Trinajstić information content (AvgIpc) is 3.00. The maximum absolute atomic E-state index is 7.17. The van der Waals surface area contributed by atoms with Crippen LogP contribution in [-0.4, -0.2) is 81.7 Å². The SMILES string of the molecule is CCC[CH2][Sn]([CH2]CCC)[CH2]CCC.CCC[CH2][Sn]([CH2]CCC)[CH2]CCC.CCC[CH2][Sn]([CH2]CCC)[CH2]CCC.OB(O)O. The largest absolute Gasteiger partial charge is 0.631 e. The third-order valence-electron chi connectivity index (χ3n) is 7.95. The molecule has 0 fully saturated rings. The van der Waals surface area contributed by atoms with Crippen LogP contribution in [0, 0.1) is 0 Å². The molecule has 0 saturated heterocycles. The molecule has 0 rings (SSSR count). The van der Waals surface area contributed by atoms with Gasteiger partial charge < -0.3 is 15.1 Å². The van der Waals surface area contributed by atoms with Crippen molar-refractivity contribution in [1.29, 1.82) is 0 Å². The van der Waals surface area contributed by atoms with Crippen molar-refractivity contribution in [3.63, 3.8) is 0 Å². The van der Waals surface area contributed by atoms with E-state index >= 15 is 0 Å². The molecule has 3 nitrogen and oxygen atoms in total. The van der Waals surface area contributed by atoms with Gasteiger partial charge in [0.15, 0.2) is 0 Å². The van der Waals surface area contributed by atoms with E-state index in [4.69, 9.17) is 15.1 Å². The van der Waals surface area contributed by atoms with Crippen LogP contribution in [0.1, 0.15) is 178 Å². The van der Waals surface area contributed by atoms with Crippen molar-refractivity contribution < 1.29 is 15.1 Å². The van der Waals surface area contributed by atoms with Crippen LogP contribution in [0.3, 0.4) is 0 Å². The van der Waals surface area contributed by atoms with Gasteiger partial charge in [-0.25, -0.2) is 0 Å². The molecule has 0 bridgehead atoms. The van der Waals surface area contributed by atoms with Crippen molar-refractivity contribution >= 4 is 66.6 Å². The molecule has 3 N–H and O–H groups in total. The van der Waals surface area contributed by atoms with Crippen LogP contribution in [0.25, 0.3) is 0 Å². The van der Waals surface area contributed by atoms with E-state index in [1.54, 1.807) is 39.9 Å².